The fourth-order valence-corrected chi connectivity index (χ4v) is 2.59. The predicted molar refractivity (Wildman–Crippen MR) is 68.4 cm³/mol. The smallest absolute Gasteiger partial charge is 0.307 e. The van der Waals surface area contributed by atoms with Crippen molar-refractivity contribution in [2.45, 2.75) is 6.54 Å². The Hall–Kier alpha value is -1.07. The molecule has 3 nitrogen and oxygen atoms in total. The first-order valence-electron chi connectivity index (χ1n) is 4.67. The van der Waals surface area contributed by atoms with Gasteiger partial charge < -0.3 is 9.30 Å². The molecule has 5 heteroatoms. The zero-order valence-corrected chi connectivity index (χ0v) is 11.0. The van der Waals surface area contributed by atoms with Crippen LogP contribution in [-0.2, 0) is 6.54 Å². The quantitative estimate of drug-likeness (QED) is 0.873. The molecule has 0 spiro atoms. The Balaban J connectivity index is 2.26. The first-order valence-corrected chi connectivity index (χ1v) is 6.34. The van der Waals surface area contributed by atoms with E-state index in [1.807, 2.05) is 18.2 Å². The molecule has 0 bridgehead atoms. The number of halogens is 1. The van der Waals surface area contributed by atoms with Gasteiger partial charge >= 0.3 is 4.87 Å². The average Bonchev–Trinajstić information content (AvgIpc) is 2.65. The lowest BCUT2D eigenvalue weighted by molar-refractivity contribution is 0.412. The molecule has 84 valence electrons. The van der Waals surface area contributed by atoms with E-state index in [2.05, 4.69) is 15.9 Å². The first-order chi connectivity index (χ1) is 7.70. The Bertz CT molecular complexity index is 547. The van der Waals surface area contributed by atoms with E-state index in [0.717, 1.165) is 15.8 Å². The number of hydrogen-bond acceptors (Lipinski definition) is 3. The highest BCUT2D eigenvalue weighted by Gasteiger charge is 2.03. The van der Waals surface area contributed by atoms with Crippen molar-refractivity contribution in [2.75, 3.05) is 7.11 Å². The van der Waals surface area contributed by atoms with Crippen LogP contribution in [0.3, 0.4) is 0 Å². The van der Waals surface area contributed by atoms with Crippen LogP contribution in [0, 0.1) is 0 Å². The molecule has 0 saturated carbocycles. The van der Waals surface area contributed by atoms with E-state index in [1.165, 1.54) is 11.3 Å². The van der Waals surface area contributed by atoms with Gasteiger partial charge in [0.1, 0.15) is 5.75 Å². The summed E-state index contributed by atoms with van der Waals surface area (Å²) in [7, 11) is 1.63. The van der Waals surface area contributed by atoms with Crippen molar-refractivity contribution in [3.63, 3.8) is 0 Å². The lowest BCUT2D eigenvalue weighted by Crippen LogP contribution is -2.12. The number of hydrogen-bond donors (Lipinski definition) is 0. The molecule has 1 aromatic carbocycles. The van der Waals surface area contributed by atoms with Crippen LogP contribution in [0.2, 0.25) is 0 Å². The number of methoxy groups -OCH3 is 1. The maximum atomic E-state index is 11.4. The monoisotopic (exact) mass is 299 g/mol. The molecule has 0 aliphatic carbocycles. The van der Waals surface area contributed by atoms with E-state index in [1.54, 1.807) is 23.3 Å². The summed E-state index contributed by atoms with van der Waals surface area (Å²) in [5, 5.41) is 1.79. The van der Waals surface area contributed by atoms with Crippen molar-refractivity contribution in [2.24, 2.45) is 0 Å². The summed E-state index contributed by atoms with van der Waals surface area (Å²) in [6.07, 6.45) is 1.80. The highest BCUT2D eigenvalue weighted by molar-refractivity contribution is 9.10. The van der Waals surface area contributed by atoms with Crippen LogP contribution in [-0.4, -0.2) is 11.7 Å². The number of nitrogens with zero attached hydrogens (tertiary/aromatic N) is 1. The third-order valence-corrected chi connectivity index (χ3v) is 3.53. The molecule has 0 N–H and O–H groups in total. The second-order valence-electron chi connectivity index (χ2n) is 3.27. The van der Waals surface area contributed by atoms with Gasteiger partial charge in [0.2, 0.25) is 0 Å². The van der Waals surface area contributed by atoms with Gasteiger partial charge in [-0.1, -0.05) is 17.4 Å². The Labute approximate surface area is 105 Å². The summed E-state index contributed by atoms with van der Waals surface area (Å²) < 4.78 is 7.72. The molecule has 0 saturated heterocycles. The molecule has 0 aliphatic rings. The van der Waals surface area contributed by atoms with Crippen LogP contribution in [0.5, 0.6) is 5.75 Å². The van der Waals surface area contributed by atoms with Gasteiger partial charge in [-0.3, -0.25) is 4.79 Å². The van der Waals surface area contributed by atoms with Crippen molar-refractivity contribution in [3.05, 3.63) is 49.5 Å². The molecular weight excluding hydrogens is 290 g/mol. The maximum absolute atomic E-state index is 11.4. The second-order valence-corrected chi connectivity index (χ2v) is 4.98. The van der Waals surface area contributed by atoms with Gasteiger partial charge in [-0.15, -0.1) is 0 Å². The van der Waals surface area contributed by atoms with Crippen LogP contribution < -0.4 is 9.61 Å². The summed E-state index contributed by atoms with van der Waals surface area (Å²) in [5.74, 6) is 0.793. The zero-order valence-electron chi connectivity index (χ0n) is 8.64. The molecule has 1 aromatic heterocycles. The number of ether oxygens (including phenoxy) is 1. The molecular formula is C11H10BrNO2S. The molecule has 1 heterocycles. The predicted octanol–water partition coefficient (Wildman–Crippen LogP) is 2.73. The molecule has 0 radical (unpaired) electrons. The Kier molecular flexibility index (Phi) is 3.46. The van der Waals surface area contributed by atoms with Gasteiger partial charge in [0.25, 0.3) is 0 Å². The van der Waals surface area contributed by atoms with Gasteiger partial charge in [-0.25, -0.2) is 0 Å². The lowest BCUT2D eigenvalue weighted by atomic mass is 10.2. The Morgan fingerprint density at radius 1 is 1.50 bits per heavy atom. The van der Waals surface area contributed by atoms with Crippen LogP contribution in [0.25, 0.3) is 0 Å². The van der Waals surface area contributed by atoms with E-state index in [-0.39, 0.29) is 4.87 Å². The van der Waals surface area contributed by atoms with Gasteiger partial charge in [-0.05, 0) is 33.6 Å². The van der Waals surface area contributed by atoms with Crippen LogP contribution in [0.1, 0.15) is 5.56 Å². The minimum Gasteiger partial charge on any atom is -0.496 e. The zero-order chi connectivity index (χ0) is 11.5. The molecule has 2 rings (SSSR count). The number of thiazole rings is 1. The topological polar surface area (TPSA) is 31.2 Å². The van der Waals surface area contributed by atoms with Gasteiger partial charge in [-0.2, -0.15) is 0 Å². The first kappa shape index (κ1) is 11.4. The highest BCUT2D eigenvalue weighted by atomic mass is 79.9. The normalized spacial score (nSPS) is 10.4. The molecule has 16 heavy (non-hydrogen) atoms. The van der Waals surface area contributed by atoms with Gasteiger partial charge in [0, 0.05) is 11.6 Å². The van der Waals surface area contributed by atoms with Crippen LogP contribution >= 0.6 is 27.3 Å². The summed E-state index contributed by atoms with van der Waals surface area (Å²) in [6.45, 7) is 0.588. The van der Waals surface area contributed by atoms with Gasteiger partial charge in [0.15, 0.2) is 0 Å². The largest absolute Gasteiger partial charge is 0.496 e. The fourth-order valence-electron chi connectivity index (χ4n) is 1.41. The third-order valence-electron chi connectivity index (χ3n) is 2.21. The van der Waals surface area contributed by atoms with Crippen LogP contribution in [0.15, 0.2) is 39.0 Å². The van der Waals surface area contributed by atoms with E-state index in [4.69, 9.17) is 4.74 Å². The lowest BCUT2D eigenvalue weighted by Gasteiger charge is -2.06. The maximum Gasteiger partial charge on any atom is 0.307 e. The Morgan fingerprint density at radius 3 is 2.88 bits per heavy atom. The summed E-state index contributed by atoms with van der Waals surface area (Å²) in [5.41, 5.74) is 1.06. The number of aromatic nitrogens is 1. The van der Waals surface area contributed by atoms with E-state index in [9.17, 15) is 4.79 Å². The molecule has 0 unspecified atom stereocenters. The van der Waals surface area contributed by atoms with Crippen molar-refractivity contribution in [1.82, 2.24) is 4.57 Å². The second kappa shape index (κ2) is 4.84. The summed E-state index contributed by atoms with van der Waals surface area (Å²) in [4.78, 5) is 11.4. The number of rotatable bonds is 3. The standard InChI is InChI=1S/C11H10BrNO2S/c1-15-10-3-2-8(6-9(10)12)7-13-4-5-16-11(13)14/h2-6H,7H2,1H3. The van der Waals surface area contributed by atoms with Crippen molar-refractivity contribution in [1.29, 1.82) is 0 Å². The average molecular weight is 300 g/mol. The van der Waals surface area contributed by atoms with E-state index >= 15 is 0 Å². The van der Waals surface area contributed by atoms with E-state index < -0.39 is 0 Å². The van der Waals surface area contributed by atoms with E-state index in [0.29, 0.717) is 6.54 Å². The molecule has 0 amide bonds. The SMILES string of the molecule is COc1ccc(Cn2ccsc2=O)cc1Br. The summed E-state index contributed by atoms with van der Waals surface area (Å²) in [6, 6.07) is 5.80. The van der Waals surface area contributed by atoms with Crippen molar-refractivity contribution in [3.8, 4) is 5.75 Å². The minimum atomic E-state index is 0.0620. The minimum absolute atomic E-state index is 0.0620. The van der Waals surface area contributed by atoms with Crippen molar-refractivity contribution < 1.29 is 4.74 Å². The molecule has 0 aliphatic heterocycles. The Morgan fingerprint density at radius 2 is 2.31 bits per heavy atom. The summed E-state index contributed by atoms with van der Waals surface area (Å²) >= 11 is 4.63. The molecule has 0 atom stereocenters. The molecule has 0 fully saturated rings. The molecule has 2 aromatic rings. The van der Waals surface area contributed by atoms with Crippen molar-refractivity contribution >= 4 is 27.3 Å². The third kappa shape index (κ3) is 2.36. The van der Waals surface area contributed by atoms with Gasteiger partial charge in [0.05, 0.1) is 18.1 Å². The highest BCUT2D eigenvalue weighted by Crippen LogP contribution is 2.25. The van der Waals surface area contributed by atoms with Crippen LogP contribution in [0.4, 0.5) is 0 Å². The number of benzene rings is 1. The fraction of sp³-hybridized carbons (Fsp3) is 0.182.